The van der Waals surface area contributed by atoms with E-state index in [2.05, 4.69) is 29.6 Å². The number of amides is 1. The molecule has 0 fully saturated rings. The molecule has 0 spiro atoms. The summed E-state index contributed by atoms with van der Waals surface area (Å²) < 4.78 is 5.67. The van der Waals surface area contributed by atoms with Crippen molar-refractivity contribution in [2.24, 2.45) is 0 Å². The molecule has 0 heterocycles. The van der Waals surface area contributed by atoms with E-state index in [0.717, 1.165) is 30.6 Å². The Kier molecular flexibility index (Phi) is 4.65. The molecule has 3 rings (SSSR count). The first-order valence-corrected chi connectivity index (χ1v) is 8.21. The molecule has 0 radical (unpaired) electrons. The quantitative estimate of drug-likeness (QED) is 0.931. The van der Waals surface area contributed by atoms with Gasteiger partial charge in [-0.15, -0.1) is 0 Å². The lowest BCUT2D eigenvalue weighted by Crippen LogP contribution is -2.34. The molecule has 1 unspecified atom stereocenters. The summed E-state index contributed by atoms with van der Waals surface area (Å²) in [5, 5.41) is 3.11. The van der Waals surface area contributed by atoms with E-state index in [1.54, 1.807) is 0 Å². The largest absolute Gasteiger partial charge is 0.484 e. The second-order valence-electron chi connectivity index (χ2n) is 6.27. The van der Waals surface area contributed by atoms with Gasteiger partial charge in [-0.05, 0) is 55.9 Å². The highest BCUT2D eigenvalue weighted by atomic mass is 16.5. The number of ether oxygens (including phenoxy) is 1. The zero-order chi connectivity index (χ0) is 16.2. The van der Waals surface area contributed by atoms with E-state index in [-0.39, 0.29) is 18.6 Å². The number of aryl methyl sites for hydroxylation is 3. The Balaban J connectivity index is 1.60. The molecule has 120 valence electrons. The molecule has 0 aliphatic heterocycles. The van der Waals surface area contributed by atoms with Crippen LogP contribution in [0.3, 0.4) is 0 Å². The van der Waals surface area contributed by atoms with Gasteiger partial charge in [0.15, 0.2) is 6.61 Å². The second-order valence-corrected chi connectivity index (χ2v) is 6.27. The van der Waals surface area contributed by atoms with Crippen molar-refractivity contribution in [3.63, 3.8) is 0 Å². The zero-order valence-corrected chi connectivity index (χ0v) is 13.8. The van der Waals surface area contributed by atoms with Crippen LogP contribution < -0.4 is 10.1 Å². The Morgan fingerprint density at radius 1 is 1.22 bits per heavy atom. The summed E-state index contributed by atoms with van der Waals surface area (Å²) in [6.45, 7) is 4.10. The van der Waals surface area contributed by atoms with Crippen LogP contribution >= 0.6 is 0 Å². The summed E-state index contributed by atoms with van der Waals surface area (Å²) in [7, 11) is 0. The van der Waals surface area contributed by atoms with Gasteiger partial charge in [-0.3, -0.25) is 4.79 Å². The average molecular weight is 309 g/mol. The fourth-order valence-electron chi connectivity index (χ4n) is 3.24. The third-order valence-electron chi connectivity index (χ3n) is 4.39. The van der Waals surface area contributed by atoms with Crippen molar-refractivity contribution in [2.75, 3.05) is 6.61 Å². The molecule has 1 N–H and O–H groups in total. The van der Waals surface area contributed by atoms with E-state index >= 15 is 0 Å². The maximum absolute atomic E-state index is 12.2. The molecule has 0 aromatic heterocycles. The molecule has 2 aromatic rings. The van der Waals surface area contributed by atoms with Gasteiger partial charge in [-0.25, -0.2) is 0 Å². The lowest BCUT2D eigenvalue weighted by molar-refractivity contribution is -0.124. The van der Waals surface area contributed by atoms with Crippen molar-refractivity contribution in [2.45, 2.75) is 39.2 Å². The molecule has 3 heteroatoms. The zero-order valence-electron chi connectivity index (χ0n) is 13.8. The van der Waals surface area contributed by atoms with Crippen LogP contribution in [0.1, 0.15) is 41.1 Å². The van der Waals surface area contributed by atoms with Crippen molar-refractivity contribution >= 4 is 5.91 Å². The molecule has 1 amide bonds. The number of hydrogen-bond donors (Lipinski definition) is 1. The van der Waals surface area contributed by atoms with E-state index in [0.29, 0.717) is 0 Å². The molecule has 0 saturated heterocycles. The third-order valence-corrected chi connectivity index (χ3v) is 4.39. The van der Waals surface area contributed by atoms with Crippen LogP contribution in [0.2, 0.25) is 0 Å². The number of hydrogen-bond acceptors (Lipinski definition) is 2. The lowest BCUT2D eigenvalue weighted by Gasteiger charge is -2.26. The predicted molar refractivity (Wildman–Crippen MR) is 91.7 cm³/mol. The predicted octanol–water partition coefficient (Wildman–Crippen LogP) is 3.88. The van der Waals surface area contributed by atoms with E-state index < -0.39 is 0 Å². The number of rotatable bonds is 4. The van der Waals surface area contributed by atoms with Gasteiger partial charge in [0.25, 0.3) is 5.91 Å². The summed E-state index contributed by atoms with van der Waals surface area (Å²) in [5.41, 5.74) is 4.84. The highest BCUT2D eigenvalue weighted by molar-refractivity contribution is 5.78. The van der Waals surface area contributed by atoms with Gasteiger partial charge in [0.2, 0.25) is 0 Å². The summed E-state index contributed by atoms with van der Waals surface area (Å²) in [6, 6.07) is 14.5. The van der Waals surface area contributed by atoms with Crippen LogP contribution in [0.4, 0.5) is 0 Å². The molecule has 1 aliphatic rings. The SMILES string of the molecule is Cc1ccc(OCC(=O)NC2CCCc3ccccc32)c(C)c1. The normalized spacial score (nSPS) is 16.5. The van der Waals surface area contributed by atoms with Gasteiger partial charge in [-0.1, -0.05) is 42.0 Å². The Labute approximate surface area is 137 Å². The first-order chi connectivity index (χ1) is 11.1. The Morgan fingerprint density at radius 3 is 2.87 bits per heavy atom. The lowest BCUT2D eigenvalue weighted by atomic mass is 9.88. The smallest absolute Gasteiger partial charge is 0.258 e. The molecule has 3 nitrogen and oxygen atoms in total. The summed E-state index contributed by atoms with van der Waals surface area (Å²) in [4.78, 5) is 12.2. The van der Waals surface area contributed by atoms with E-state index in [4.69, 9.17) is 4.74 Å². The van der Waals surface area contributed by atoms with Crippen molar-refractivity contribution < 1.29 is 9.53 Å². The maximum Gasteiger partial charge on any atom is 0.258 e. The second kappa shape index (κ2) is 6.86. The molecule has 0 saturated carbocycles. The van der Waals surface area contributed by atoms with Gasteiger partial charge < -0.3 is 10.1 Å². The monoisotopic (exact) mass is 309 g/mol. The van der Waals surface area contributed by atoms with Crippen LogP contribution in [0, 0.1) is 13.8 Å². The van der Waals surface area contributed by atoms with E-state index in [1.807, 2.05) is 32.0 Å². The molecular formula is C20H23NO2. The molecular weight excluding hydrogens is 286 g/mol. The Morgan fingerprint density at radius 2 is 2.04 bits per heavy atom. The summed E-state index contributed by atoms with van der Waals surface area (Å²) in [5.74, 6) is 0.710. The topological polar surface area (TPSA) is 38.3 Å². The Bertz CT molecular complexity index is 709. The first kappa shape index (κ1) is 15.6. The molecule has 0 bridgehead atoms. The van der Waals surface area contributed by atoms with Gasteiger partial charge >= 0.3 is 0 Å². The number of nitrogens with one attached hydrogen (secondary N) is 1. The molecule has 1 aliphatic carbocycles. The maximum atomic E-state index is 12.2. The fourth-order valence-corrected chi connectivity index (χ4v) is 3.24. The Hall–Kier alpha value is -2.29. The number of benzene rings is 2. The van der Waals surface area contributed by atoms with Gasteiger partial charge in [0, 0.05) is 0 Å². The molecule has 23 heavy (non-hydrogen) atoms. The number of fused-ring (bicyclic) bond motifs is 1. The van der Waals surface area contributed by atoms with Crippen LogP contribution in [0.25, 0.3) is 0 Å². The summed E-state index contributed by atoms with van der Waals surface area (Å²) >= 11 is 0. The minimum absolute atomic E-state index is 0.0581. The minimum atomic E-state index is -0.0633. The molecule has 2 aromatic carbocycles. The van der Waals surface area contributed by atoms with E-state index in [9.17, 15) is 4.79 Å². The van der Waals surface area contributed by atoms with Gasteiger partial charge in [0.1, 0.15) is 5.75 Å². The van der Waals surface area contributed by atoms with Crippen LogP contribution in [-0.4, -0.2) is 12.5 Å². The number of carbonyl (C=O) groups is 1. The van der Waals surface area contributed by atoms with Crippen molar-refractivity contribution in [1.29, 1.82) is 0 Å². The van der Waals surface area contributed by atoms with Gasteiger partial charge in [0.05, 0.1) is 6.04 Å². The molecule has 1 atom stereocenters. The van der Waals surface area contributed by atoms with Crippen molar-refractivity contribution in [3.05, 3.63) is 64.7 Å². The van der Waals surface area contributed by atoms with Gasteiger partial charge in [-0.2, -0.15) is 0 Å². The van der Waals surface area contributed by atoms with E-state index in [1.165, 1.54) is 16.7 Å². The van der Waals surface area contributed by atoms with Crippen LogP contribution in [0.5, 0.6) is 5.75 Å². The average Bonchev–Trinajstić information content (AvgIpc) is 2.54. The first-order valence-electron chi connectivity index (χ1n) is 8.21. The third kappa shape index (κ3) is 3.73. The van der Waals surface area contributed by atoms with Crippen molar-refractivity contribution in [3.8, 4) is 5.75 Å². The van der Waals surface area contributed by atoms with Crippen LogP contribution in [0.15, 0.2) is 42.5 Å². The highest BCUT2D eigenvalue weighted by Gasteiger charge is 2.21. The van der Waals surface area contributed by atoms with Crippen LogP contribution in [-0.2, 0) is 11.2 Å². The summed E-state index contributed by atoms with van der Waals surface area (Å²) in [6.07, 6.45) is 3.20. The number of carbonyl (C=O) groups excluding carboxylic acids is 1. The fraction of sp³-hybridized carbons (Fsp3) is 0.350. The van der Waals surface area contributed by atoms with Crippen molar-refractivity contribution in [1.82, 2.24) is 5.32 Å². The minimum Gasteiger partial charge on any atom is -0.484 e. The highest BCUT2D eigenvalue weighted by Crippen LogP contribution is 2.29. The standard InChI is InChI=1S/C20H23NO2/c1-14-10-11-19(15(2)12-14)23-13-20(22)21-18-9-5-7-16-6-3-4-8-17(16)18/h3-4,6,8,10-12,18H,5,7,9,13H2,1-2H3,(H,21,22).